The standard InChI is InChI=1S/2C21H23.C2H4.Hf/c2*1-5-15-13-17-7-6-8-19(20(17)14-15)16-9-11-18(12-10-16)21(2,3)4;1-2;/h2*6-14H,5H2,1-4H3;1H,2H3;. The summed E-state index contributed by atoms with van der Waals surface area (Å²) in [5.74, 6) is 0. The van der Waals surface area contributed by atoms with Gasteiger partial charge in [0.2, 0.25) is 0 Å². The van der Waals surface area contributed by atoms with E-state index in [2.05, 4.69) is 163 Å². The fraction of sp³-hybridized carbons (Fsp3) is 0.341. The Hall–Kier alpha value is -2.90. The van der Waals surface area contributed by atoms with Crippen molar-refractivity contribution in [1.82, 2.24) is 0 Å². The molecule has 0 saturated heterocycles. The van der Waals surface area contributed by atoms with Crippen LogP contribution in [0.2, 0.25) is 0 Å². The second kappa shape index (κ2) is 12.4. The monoisotopic (exact) mass is 758 g/mol. The quantitative estimate of drug-likeness (QED) is 0.172. The summed E-state index contributed by atoms with van der Waals surface area (Å²) in [6.07, 6.45) is 7.41. The Morgan fingerprint density at radius 2 is 0.933 bits per heavy atom. The number of allylic oxidation sites excluding steroid dienone is 2. The van der Waals surface area contributed by atoms with Gasteiger partial charge in [0.25, 0.3) is 0 Å². The number of hydrogen-bond donors (Lipinski definition) is 0. The Morgan fingerprint density at radius 1 is 0.556 bits per heavy atom. The van der Waals surface area contributed by atoms with Gasteiger partial charge >= 0.3 is 282 Å². The Morgan fingerprint density at radius 3 is 1.24 bits per heavy atom. The molecule has 2 aliphatic carbocycles. The first-order chi connectivity index (χ1) is 21.5. The maximum atomic E-state index is 2.73. The van der Waals surface area contributed by atoms with Gasteiger partial charge in [0.05, 0.1) is 0 Å². The molecule has 2 atom stereocenters. The molecule has 0 saturated carbocycles. The third-order valence-electron chi connectivity index (χ3n) is 10.2. The molecular weight excluding hydrogens is 707 g/mol. The zero-order valence-electron chi connectivity index (χ0n) is 28.9. The van der Waals surface area contributed by atoms with E-state index in [1.165, 1.54) is 44.5 Å². The SMILES string of the molecule is C[CH]=[Hf]([CH]1C(CC)=Cc2c(-c3ccc(C(C)(C)C)cc3)cccc21)[CH]1C(CC)=Cc2c(-c3ccc(C(C)(C)C)cc3)cccc21. The van der Waals surface area contributed by atoms with Crippen LogP contribution in [0.1, 0.15) is 116 Å². The van der Waals surface area contributed by atoms with E-state index in [4.69, 9.17) is 0 Å². The molecule has 0 radical (unpaired) electrons. The van der Waals surface area contributed by atoms with Gasteiger partial charge in [-0.2, -0.15) is 0 Å². The van der Waals surface area contributed by atoms with E-state index in [1.54, 1.807) is 22.3 Å². The van der Waals surface area contributed by atoms with Crippen molar-refractivity contribution < 1.29 is 21.0 Å². The number of rotatable bonds is 6. The van der Waals surface area contributed by atoms with Crippen LogP contribution < -0.4 is 0 Å². The number of hydrogen-bond acceptors (Lipinski definition) is 0. The zero-order valence-corrected chi connectivity index (χ0v) is 32.5. The van der Waals surface area contributed by atoms with Crippen LogP contribution in [0.5, 0.6) is 0 Å². The summed E-state index contributed by atoms with van der Waals surface area (Å²) in [5, 5.41) is 0. The van der Waals surface area contributed by atoms with Crippen LogP contribution in [-0.2, 0) is 31.8 Å². The molecule has 2 unspecified atom stereocenters. The average Bonchev–Trinajstić information content (AvgIpc) is 3.59. The maximum absolute atomic E-state index is 2.73. The van der Waals surface area contributed by atoms with Gasteiger partial charge in [0.1, 0.15) is 0 Å². The molecule has 0 N–H and O–H groups in total. The first-order valence-corrected chi connectivity index (χ1v) is 23.2. The van der Waals surface area contributed by atoms with Crippen molar-refractivity contribution in [2.45, 2.75) is 93.3 Å². The van der Waals surface area contributed by atoms with E-state index in [0.717, 1.165) is 12.8 Å². The molecular formula is C44H50Hf. The van der Waals surface area contributed by atoms with Gasteiger partial charge in [-0.05, 0) is 0 Å². The average molecular weight is 757 g/mol. The second-order valence-corrected chi connectivity index (χ2v) is 24.9. The van der Waals surface area contributed by atoms with E-state index in [0.29, 0.717) is 7.35 Å². The van der Waals surface area contributed by atoms with Crippen LogP contribution in [0.3, 0.4) is 0 Å². The first-order valence-electron chi connectivity index (χ1n) is 17.0. The Balaban J connectivity index is 1.42. The molecule has 0 heterocycles. The summed E-state index contributed by atoms with van der Waals surface area (Å²) >= 11 is -2.50. The molecule has 4 aromatic carbocycles. The van der Waals surface area contributed by atoms with Gasteiger partial charge in [-0.25, -0.2) is 0 Å². The van der Waals surface area contributed by atoms with Gasteiger partial charge in [0.15, 0.2) is 0 Å². The fourth-order valence-electron chi connectivity index (χ4n) is 7.63. The van der Waals surface area contributed by atoms with Crippen molar-refractivity contribution in [2.24, 2.45) is 0 Å². The van der Waals surface area contributed by atoms with Crippen molar-refractivity contribution in [3.8, 4) is 22.3 Å². The minimum absolute atomic E-state index is 0.161. The molecule has 0 nitrogen and oxygen atoms in total. The molecule has 0 spiro atoms. The van der Waals surface area contributed by atoms with Crippen LogP contribution in [0, 0.1) is 0 Å². The van der Waals surface area contributed by atoms with Crippen LogP contribution in [-0.4, -0.2) is 3.76 Å². The van der Waals surface area contributed by atoms with Crippen molar-refractivity contribution >= 4 is 15.9 Å². The topological polar surface area (TPSA) is 0 Å². The van der Waals surface area contributed by atoms with Crippen LogP contribution >= 0.6 is 0 Å². The summed E-state index contributed by atoms with van der Waals surface area (Å²) in [6, 6.07) is 32.9. The first kappa shape index (κ1) is 32.1. The molecule has 2 aliphatic rings. The van der Waals surface area contributed by atoms with Crippen LogP contribution in [0.4, 0.5) is 0 Å². The van der Waals surface area contributed by atoms with Gasteiger partial charge in [0, 0.05) is 0 Å². The molecule has 1 heteroatoms. The molecule has 0 amide bonds. The third kappa shape index (κ3) is 5.91. The van der Waals surface area contributed by atoms with Crippen LogP contribution in [0.15, 0.2) is 96.1 Å². The minimum atomic E-state index is -2.50. The zero-order chi connectivity index (χ0) is 32.1. The van der Waals surface area contributed by atoms with Gasteiger partial charge in [-0.3, -0.25) is 0 Å². The van der Waals surface area contributed by atoms with E-state index in [-0.39, 0.29) is 10.8 Å². The molecule has 45 heavy (non-hydrogen) atoms. The van der Waals surface area contributed by atoms with Crippen LogP contribution in [0.25, 0.3) is 34.4 Å². The van der Waals surface area contributed by atoms with E-state index in [9.17, 15) is 0 Å². The molecule has 0 aromatic heterocycles. The predicted octanol–water partition coefficient (Wildman–Crippen LogP) is 12.5. The van der Waals surface area contributed by atoms with Gasteiger partial charge in [-0.1, -0.05) is 0 Å². The summed E-state index contributed by atoms with van der Waals surface area (Å²) < 4.78 is 3.91. The number of benzene rings is 4. The predicted molar refractivity (Wildman–Crippen MR) is 195 cm³/mol. The molecule has 6 rings (SSSR count). The summed E-state index contributed by atoms with van der Waals surface area (Å²) in [7, 11) is 0. The third-order valence-corrected chi connectivity index (χ3v) is 22.3. The van der Waals surface area contributed by atoms with Crippen molar-refractivity contribution in [2.75, 3.05) is 0 Å². The molecule has 0 bridgehead atoms. The van der Waals surface area contributed by atoms with Gasteiger partial charge < -0.3 is 0 Å². The van der Waals surface area contributed by atoms with Crippen molar-refractivity contribution in [3.05, 3.63) is 129 Å². The Kier molecular flexibility index (Phi) is 8.81. The Bertz CT molecular complexity index is 1680. The summed E-state index contributed by atoms with van der Waals surface area (Å²) in [4.78, 5) is 0. The number of fused-ring (bicyclic) bond motifs is 2. The molecule has 0 aliphatic heterocycles. The van der Waals surface area contributed by atoms with E-state index in [1.807, 2.05) is 0 Å². The Labute approximate surface area is 280 Å². The summed E-state index contributed by atoms with van der Waals surface area (Å²) in [5.41, 5.74) is 18.0. The summed E-state index contributed by atoms with van der Waals surface area (Å²) in [6.45, 7) is 20.9. The van der Waals surface area contributed by atoms with Gasteiger partial charge in [-0.15, -0.1) is 0 Å². The molecule has 4 aromatic rings. The molecule has 0 fully saturated rings. The molecule has 230 valence electrons. The van der Waals surface area contributed by atoms with Crippen molar-refractivity contribution in [3.63, 3.8) is 0 Å². The van der Waals surface area contributed by atoms with E-state index >= 15 is 0 Å². The van der Waals surface area contributed by atoms with E-state index < -0.39 is 21.0 Å². The second-order valence-electron chi connectivity index (χ2n) is 15.1. The normalized spacial score (nSPS) is 17.4. The fourth-order valence-corrected chi connectivity index (χ4v) is 20.8. The van der Waals surface area contributed by atoms with Crippen molar-refractivity contribution in [1.29, 1.82) is 0 Å².